The minimum Gasteiger partial charge on any atom is -0.462 e. The van der Waals surface area contributed by atoms with Crippen molar-refractivity contribution >= 4 is 39.5 Å². The molecular weight excluding hydrogens is 1150 g/mol. The first-order valence-corrected chi connectivity index (χ1v) is 38.3. The molecule has 0 saturated heterocycles. The molecule has 0 aromatic carbocycles. The Morgan fingerprint density at radius 2 is 0.552 bits per heavy atom. The lowest BCUT2D eigenvalue weighted by atomic mass is 9.99. The molecule has 0 aromatic heterocycles. The fourth-order valence-corrected chi connectivity index (χ4v) is 11.7. The zero-order valence-corrected chi connectivity index (χ0v) is 58.4. The number of aliphatic hydroxyl groups is 1. The Hall–Kier alpha value is -1.94. The number of esters is 4. The second-order valence-corrected chi connectivity index (χ2v) is 28.9. The lowest BCUT2D eigenvalue weighted by molar-refractivity contribution is -0.161. The van der Waals surface area contributed by atoms with Gasteiger partial charge in [-0.3, -0.25) is 37.3 Å². The summed E-state index contributed by atoms with van der Waals surface area (Å²) in [5.74, 6) is 0.844. The van der Waals surface area contributed by atoms with E-state index in [-0.39, 0.29) is 25.7 Å². The number of hydrogen-bond acceptors (Lipinski definition) is 15. The van der Waals surface area contributed by atoms with E-state index in [0.717, 1.165) is 120 Å². The third kappa shape index (κ3) is 60.1. The van der Waals surface area contributed by atoms with Crippen LogP contribution in [0.25, 0.3) is 0 Å². The van der Waals surface area contributed by atoms with Crippen LogP contribution in [-0.4, -0.2) is 96.7 Å². The average molecular weight is 1280 g/mol. The first kappa shape index (κ1) is 85.1. The average Bonchev–Trinajstić information content (AvgIpc) is 3.63. The quantitative estimate of drug-likeness (QED) is 0.0222. The molecule has 0 radical (unpaired) electrons. The predicted molar refractivity (Wildman–Crippen MR) is 349 cm³/mol. The zero-order chi connectivity index (χ0) is 64.7. The van der Waals surface area contributed by atoms with Gasteiger partial charge in [0.15, 0.2) is 12.2 Å². The van der Waals surface area contributed by atoms with E-state index in [1.165, 1.54) is 122 Å². The summed E-state index contributed by atoms with van der Waals surface area (Å²) in [5, 5.41) is 10.6. The van der Waals surface area contributed by atoms with E-state index < -0.39 is 97.5 Å². The molecule has 0 aliphatic rings. The summed E-state index contributed by atoms with van der Waals surface area (Å²) >= 11 is 0. The van der Waals surface area contributed by atoms with Gasteiger partial charge >= 0.3 is 39.5 Å². The number of phosphoric ester groups is 2. The molecular formula is C68H132O17P2. The van der Waals surface area contributed by atoms with Gasteiger partial charge in [0.1, 0.15) is 19.3 Å². The Bertz CT molecular complexity index is 1730. The maximum Gasteiger partial charge on any atom is 0.472 e. The first-order chi connectivity index (χ1) is 41.7. The van der Waals surface area contributed by atoms with Gasteiger partial charge in [0, 0.05) is 25.7 Å². The lowest BCUT2D eigenvalue weighted by Crippen LogP contribution is -2.30. The van der Waals surface area contributed by atoms with Gasteiger partial charge in [-0.2, -0.15) is 0 Å². The summed E-state index contributed by atoms with van der Waals surface area (Å²) in [5.41, 5.74) is 0. The minimum atomic E-state index is -4.95. The van der Waals surface area contributed by atoms with Gasteiger partial charge in [-0.1, -0.05) is 280 Å². The highest BCUT2D eigenvalue weighted by Crippen LogP contribution is 2.45. The molecule has 0 heterocycles. The highest BCUT2D eigenvalue weighted by atomic mass is 31.2. The van der Waals surface area contributed by atoms with Gasteiger partial charge in [-0.05, 0) is 49.4 Å². The summed E-state index contributed by atoms with van der Waals surface area (Å²) < 4.78 is 68.2. The van der Waals surface area contributed by atoms with Gasteiger partial charge in [0.2, 0.25) is 0 Å². The molecule has 0 fully saturated rings. The number of phosphoric acid groups is 2. The van der Waals surface area contributed by atoms with Crippen molar-refractivity contribution in [2.45, 2.75) is 350 Å². The molecule has 17 nitrogen and oxygen atoms in total. The maximum atomic E-state index is 13.0. The third-order valence-corrected chi connectivity index (χ3v) is 18.2. The van der Waals surface area contributed by atoms with Crippen molar-refractivity contribution in [3.8, 4) is 0 Å². The number of carbonyl (C=O) groups is 4. The molecule has 0 amide bonds. The highest BCUT2D eigenvalue weighted by molar-refractivity contribution is 7.47. The summed E-state index contributed by atoms with van der Waals surface area (Å²) in [4.78, 5) is 72.4. The van der Waals surface area contributed by atoms with Crippen LogP contribution in [0.5, 0.6) is 0 Å². The third-order valence-electron chi connectivity index (χ3n) is 16.3. The van der Waals surface area contributed by atoms with Crippen molar-refractivity contribution in [2.75, 3.05) is 39.6 Å². The molecule has 516 valence electrons. The van der Waals surface area contributed by atoms with Gasteiger partial charge in [-0.25, -0.2) is 9.13 Å². The molecule has 19 heteroatoms. The van der Waals surface area contributed by atoms with Crippen molar-refractivity contribution in [3.05, 3.63) is 0 Å². The van der Waals surface area contributed by atoms with Crippen LogP contribution < -0.4 is 0 Å². The Kier molecular flexibility index (Phi) is 56.6. The molecule has 87 heavy (non-hydrogen) atoms. The van der Waals surface area contributed by atoms with Crippen LogP contribution in [0.3, 0.4) is 0 Å². The van der Waals surface area contributed by atoms with Crippen molar-refractivity contribution in [1.29, 1.82) is 0 Å². The zero-order valence-electron chi connectivity index (χ0n) is 56.6. The molecule has 0 aromatic rings. The van der Waals surface area contributed by atoms with E-state index in [4.69, 9.17) is 37.0 Å². The van der Waals surface area contributed by atoms with Gasteiger partial charge in [0.25, 0.3) is 0 Å². The largest absolute Gasteiger partial charge is 0.472 e. The summed E-state index contributed by atoms with van der Waals surface area (Å²) in [7, 11) is -9.90. The monoisotopic (exact) mass is 1280 g/mol. The summed E-state index contributed by atoms with van der Waals surface area (Å²) in [6, 6.07) is 0. The van der Waals surface area contributed by atoms with E-state index in [1.54, 1.807) is 0 Å². The molecule has 3 N–H and O–H groups in total. The van der Waals surface area contributed by atoms with E-state index in [9.17, 15) is 43.2 Å². The second kappa shape index (κ2) is 57.9. The number of aliphatic hydroxyl groups excluding tert-OH is 1. The Balaban J connectivity index is 5.25. The van der Waals surface area contributed by atoms with Crippen LogP contribution in [0.2, 0.25) is 0 Å². The number of carbonyl (C=O) groups excluding carboxylic acids is 4. The standard InChI is InChI=1S/C68H132O17P2/c1-9-60(7)46-38-30-21-17-14-15-19-23-35-43-51-68(73)85-64(55-79-66(71)49-41-33-27-25-31-39-47-61(8)10-2)57-83-87(76,77)81-53-62(69)52-80-86(74,75)82-56-63(54-78-65(70)48-40-32-26-24-29-37-45-59(5)6)84-67(72)50-42-34-22-18-13-11-12-16-20-28-36-44-58(3)4/h58-64,69H,9-57H2,1-8H3,(H,74,75)(H,76,77)/t60?,61?,62-,63-,64-/m1/s1. The predicted octanol–water partition coefficient (Wildman–Crippen LogP) is 18.9. The molecule has 4 unspecified atom stereocenters. The van der Waals surface area contributed by atoms with Crippen LogP contribution in [0, 0.1) is 23.7 Å². The van der Waals surface area contributed by atoms with Crippen molar-refractivity contribution in [3.63, 3.8) is 0 Å². The van der Waals surface area contributed by atoms with Crippen molar-refractivity contribution in [1.82, 2.24) is 0 Å². The van der Waals surface area contributed by atoms with E-state index in [0.29, 0.717) is 31.6 Å². The molecule has 0 aliphatic heterocycles. The molecule has 0 saturated carbocycles. The molecule has 0 spiro atoms. The minimum absolute atomic E-state index is 0.105. The van der Waals surface area contributed by atoms with E-state index in [1.807, 2.05) is 0 Å². The van der Waals surface area contributed by atoms with Crippen molar-refractivity contribution < 1.29 is 80.2 Å². The van der Waals surface area contributed by atoms with E-state index in [2.05, 4.69) is 55.4 Å². The van der Waals surface area contributed by atoms with Crippen LogP contribution in [-0.2, 0) is 65.4 Å². The number of unbranched alkanes of at least 4 members (excludes halogenated alkanes) is 29. The molecule has 7 atom stereocenters. The van der Waals surface area contributed by atoms with E-state index >= 15 is 0 Å². The number of hydrogen-bond donors (Lipinski definition) is 3. The molecule has 0 aliphatic carbocycles. The molecule has 0 bridgehead atoms. The lowest BCUT2D eigenvalue weighted by Gasteiger charge is -2.21. The molecule has 0 rings (SSSR count). The fourth-order valence-electron chi connectivity index (χ4n) is 10.1. The number of ether oxygens (including phenoxy) is 4. The maximum absolute atomic E-state index is 13.0. The van der Waals surface area contributed by atoms with Crippen LogP contribution in [0.1, 0.15) is 331 Å². The smallest absolute Gasteiger partial charge is 0.462 e. The Labute approximate surface area is 530 Å². The second-order valence-electron chi connectivity index (χ2n) is 26.0. The summed E-state index contributed by atoms with van der Waals surface area (Å²) in [6.45, 7) is 14.0. The highest BCUT2D eigenvalue weighted by Gasteiger charge is 2.30. The topological polar surface area (TPSA) is 237 Å². The van der Waals surface area contributed by atoms with Crippen LogP contribution in [0.4, 0.5) is 0 Å². The first-order valence-electron chi connectivity index (χ1n) is 35.3. The summed E-state index contributed by atoms with van der Waals surface area (Å²) in [6.07, 6.45) is 39.0. The Morgan fingerprint density at radius 3 is 0.816 bits per heavy atom. The fraction of sp³-hybridized carbons (Fsp3) is 0.941. The van der Waals surface area contributed by atoms with Gasteiger partial charge in [-0.15, -0.1) is 0 Å². The van der Waals surface area contributed by atoms with Crippen LogP contribution in [0.15, 0.2) is 0 Å². The SMILES string of the molecule is CCC(C)CCCCCCCCCCCCC(=O)O[C@H](COC(=O)CCCCCCCCC(C)CC)COP(=O)(O)OC[C@H](O)COP(=O)(O)OC[C@@H](COC(=O)CCCCCCCCC(C)C)OC(=O)CCCCCCCCCCCCCC(C)C. The number of rotatable bonds is 65. The Morgan fingerprint density at radius 1 is 0.322 bits per heavy atom. The van der Waals surface area contributed by atoms with Gasteiger partial charge < -0.3 is 33.8 Å². The van der Waals surface area contributed by atoms with Crippen LogP contribution >= 0.6 is 15.6 Å². The van der Waals surface area contributed by atoms with Crippen molar-refractivity contribution in [2.24, 2.45) is 23.7 Å². The van der Waals surface area contributed by atoms with Gasteiger partial charge in [0.05, 0.1) is 26.4 Å². The normalized spacial score (nSPS) is 15.0.